The number of ketones is 1. The predicted molar refractivity (Wildman–Crippen MR) is 44.1 cm³/mol. The molecule has 0 aliphatic heterocycles. The van der Waals surface area contributed by atoms with Gasteiger partial charge in [-0.25, -0.2) is 0 Å². The average molecular weight is 144 g/mol. The summed E-state index contributed by atoms with van der Waals surface area (Å²) in [7, 11) is 0. The van der Waals surface area contributed by atoms with Gasteiger partial charge in [0, 0.05) is 0 Å². The first-order valence-electron chi connectivity index (χ1n) is 3.66. The van der Waals surface area contributed by atoms with Crippen LogP contribution in [0, 0.1) is 0 Å². The number of rotatable bonds is 0. The second-order valence-corrected chi connectivity index (χ2v) is 2.66. The van der Waals surface area contributed by atoms with Crippen molar-refractivity contribution in [1.82, 2.24) is 0 Å². The van der Waals surface area contributed by atoms with Gasteiger partial charge in [0.15, 0.2) is 5.78 Å². The Morgan fingerprint density at radius 2 is 2.18 bits per heavy atom. The maximum absolute atomic E-state index is 10.9. The normalized spacial score (nSPS) is 20.9. The molecule has 0 bridgehead atoms. The third-order valence-electron chi connectivity index (χ3n) is 1.86. The standard InChI is InChI=1S/C10H8O/c11-10-6-5-8-3-1-2-4-9(8)7-10/h1-3,5-7H,4H2. The quantitative estimate of drug-likeness (QED) is 0.507. The zero-order valence-corrected chi connectivity index (χ0v) is 6.08. The Balaban J connectivity index is 2.44. The number of carbonyl (C=O) groups excluding carboxylic acids is 1. The smallest absolute Gasteiger partial charge is 0.178 e. The molecule has 0 atom stereocenters. The first-order valence-corrected chi connectivity index (χ1v) is 3.66. The lowest BCUT2D eigenvalue weighted by Gasteiger charge is -2.11. The van der Waals surface area contributed by atoms with E-state index in [1.165, 1.54) is 5.57 Å². The Bertz CT molecular complexity index is 314. The molecular formula is C10H8O. The van der Waals surface area contributed by atoms with E-state index in [4.69, 9.17) is 0 Å². The SMILES string of the molecule is O=C1C=CC2=CC=CCC2=C1. The van der Waals surface area contributed by atoms with Gasteiger partial charge in [-0.15, -0.1) is 0 Å². The molecule has 0 spiro atoms. The number of allylic oxidation sites excluding steroid dienone is 8. The van der Waals surface area contributed by atoms with Gasteiger partial charge < -0.3 is 0 Å². The maximum atomic E-state index is 10.9. The van der Waals surface area contributed by atoms with Crippen LogP contribution in [-0.4, -0.2) is 5.78 Å². The molecule has 0 N–H and O–H groups in total. The van der Waals surface area contributed by atoms with Crippen LogP contribution in [0.2, 0.25) is 0 Å². The fraction of sp³-hybridized carbons (Fsp3) is 0.100. The van der Waals surface area contributed by atoms with Gasteiger partial charge in [-0.1, -0.05) is 24.3 Å². The molecule has 0 radical (unpaired) electrons. The molecule has 0 unspecified atom stereocenters. The van der Waals surface area contributed by atoms with Crippen LogP contribution in [0.4, 0.5) is 0 Å². The molecule has 54 valence electrons. The summed E-state index contributed by atoms with van der Waals surface area (Å²) < 4.78 is 0. The van der Waals surface area contributed by atoms with Gasteiger partial charge in [0.25, 0.3) is 0 Å². The summed E-state index contributed by atoms with van der Waals surface area (Å²) in [6.45, 7) is 0. The third kappa shape index (κ3) is 1.09. The zero-order chi connectivity index (χ0) is 7.68. The average Bonchev–Trinajstić information content (AvgIpc) is 2.04. The van der Waals surface area contributed by atoms with E-state index in [0.29, 0.717) is 0 Å². The monoisotopic (exact) mass is 144 g/mol. The number of carbonyl (C=O) groups is 1. The predicted octanol–water partition coefficient (Wildman–Crippen LogP) is 1.94. The molecule has 1 heteroatoms. The van der Waals surface area contributed by atoms with E-state index in [9.17, 15) is 4.79 Å². The van der Waals surface area contributed by atoms with Crippen LogP contribution >= 0.6 is 0 Å². The van der Waals surface area contributed by atoms with E-state index in [2.05, 4.69) is 6.08 Å². The molecule has 0 aromatic carbocycles. The van der Waals surface area contributed by atoms with Crippen molar-refractivity contribution < 1.29 is 4.79 Å². The molecule has 2 aliphatic rings. The summed E-state index contributed by atoms with van der Waals surface area (Å²) in [5.41, 5.74) is 2.31. The summed E-state index contributed by atoms with van der Waals surface area (Å²) in [4.78, 5) is 10.9. The van der Waals surface area contributed by atoms with Crippen LogP contribution < -0.4 is 0 Å². The molecule has 0 saturated heterocycles. The van der Waals surface area contributed by atoms with Crippen LogP contribution in [0.15, 0.2) is 47.6 Å². The van der Waals surface area contributed by atoms with E-state index in [0.717, 1.165) is 12.0 Å². The van der Waals surface area contributed by atoms with E-state index >= 15 is 0 Å². The van der Waals surface area contributed by atoms with Gasteiger partial charge in [-0.2, -0.15) is 0 Å². The molecule has 2 aliphatic carbocycles. The number of hydrogen-bond donors (Lipinski definition) is 0. The van der Waals surface area contributed by atoms with E-state index < -0.39 is 0 Å². The zero-order valence-electron chi connectivity index (χ0n) is 6.08. The molecular weight excluding hydrogens is 136 g/mol. The minimum Gasteiger partial charge on any atom is -0.290 e. The highest BCUT2D eigenvalue weighted by Crippen LogP contribution is 2.23. The molecule has 0 aromatic rings. The highest BCUT2D eigenvalue weighted by atomic mass is 16.1. The summed E-state index contributed by atoms with van der Waals surface area (Å²) in [6.07, 6.45) is 12.2. The minimum atomic E-state index is 0.104. The van der Waals surface area contributed by atoms with E-state index in [-0.39, 0.29) is 5.78 Å². The van der Waals surface area contributed by atoms with Crippen molar-refractivity contribution in [1.29, 1.82) is 0 Å². The molecule has 0 saturated carbocycles. The van der Waals surface area contributed by atoms with Crippen molar-refractivity contribution in [2.24, 2.45) is 0 Å². The Kier molecular flexibility index (Phi) is 1.35. The topological polar surface area (TPSA) is 17.1 Å². The van der Waals surface area contributed by atoms with E-state index in [1.54, 1.807) is 12.2 Å². The van der Waals surface area contributed by atoms with Gasteiger partial charge in [0.05, 0.1) is 0 Å². The molecule has 0 aromatic heterocycles. The van der Waals surface area contributed by atoms with E-state index in [1.807, 2.05) is 18.2 Å². The third-order valence-corrected chi connectivity index (χ3v) is 1.86. The summed E-state index contributed by atoms with van der Waals surface area (Å²) in [5, 5.41) is 0. The van der Waals surface area contributed by atoms with Gasteiger partial charge >= 0.3 is 0 Å². The molecule has 11 heavy (non-hydrogen) atoms. The van der Waals surface area contributed by atoms with Gasteiger partial charge in [-0.3, -0.25) is 4.79 Å². The Morgan fingerprint density at radius 1 is 1.27 bits per heavy atom. The Labute approximate surface area is 65.4 Å². The van der Waals surface area contributed by atoms with Crippen molar-refractivity contribution in [2.75, 3.05) is 0 Å². The molecule has 1 nitrogen and oxygen atoms in total. The lowest BCUT2D eigenvalue weighted by atomic mass is 9.93. The largest absolute Gasteiger partial charge is 0.290 e. The fourth-order valence-electron chi connectivity index (χ4n) is 1.29. The Morgan fingerprint density at radius 3 is 3.09 bits per heavy atom. The van der Waals surface area contributed by atoms with Crippen molar-refractivity contribution in [2.45, 2.75) is 6.42 Å². The molecule has 2 rings (SSSR count). The van der Waals surface area contributed by atoms with Gasteiger partial charge in [0.1, 0.15) is 0 Å². The van der Waals surface area contributed by atoms with Crippen LogP contribution in [0.5, 0.6) is 0 Å². The highest BCUT2D eigenvalue weighted by molar-refractivity contribution is 6.02. The van der Waals surface area contributed by atoms with Crippen molar-refractivity contribution in [3.63, 3.8) is 0 Å². The van der Waals surface area contributed by atoms with Crippen LogP contribution in [0.1, 0.15) is 6.42 Å². The van der Waals surface area contributed by atoms with Crippen LogP contribution in [0.25, 0.3) is 0 Å². The van der Waals surface area contributed by atoms with Crippen LogP contribution in [0.3, 0.4) is 0 Å². The van der Waals surface area contributed by atoms with Crippen molar-refractivity contribution in [3.05, 3.63) is 47.6 Å². The maximum Gasteiger partial charge on any atom is 0.178 e. The minimum absolute atomic E-state index is 0.104. The summed E-state index contributed by atoms with van der Waals surface area (Å²) in [5.74, 6) is 0.104. The van der Waals surface area contributed by atoms with Crippen molar-refractivity contribution in [3.8, 4) is 0 Å². The number of hydrogen-bond acceptors (Lipinski definition) is 1. The Hall–Kier alpha value is -1.37. The summed E-state index contributed by atoms with van der Waals surface area (Å²) in [6, 6.07) is 0. The second kappa shape index (κ2) is 2.35. The lowest BCUT2D eigenvalue weighted by Crippen LogP contribution is -2.00. The fourth-order valence-corrected chi connectivity index (χ4v) is 1.29. The molecule has 0 heterocycles. The number of fused-ring (bicyclic) bond motifs is 1. The first kappa shape index (κ1) is 6.35. The molecule has 0 fully saturated rings. The molecule has 0 amide bonds. The van der Waals surface area contributed by atoms with Crippen molar-refractivity contribution >= 4 is 5.78 Å². The highest BCUT2D eigenvalue weighted by Gasteiger charge is 2.09. The van der Waals surface area contributed by atoms with Crippen LogP contribution in [-0.2, 0) is 4.79 Å². The second-order valence-electron chi connectivity index (χ2n) is 2.66. The van der Waals surface area contributed by atoms with Gasteiger partial charge in [0.2, 0.25) is 0 Å². The lowest BCUT2D eigenvalue weighted by molar-refractivity contribution is -0.110. The summed E-state index contributed by atoms with van der Waals surface area (Å²) >= 11 is 0. The van der Waals surface area contributed by atoms with Gasteiger partial charge in [-0.05, 0) is 29.7 Å². The first-order chi connectivity index (χ1) is 5.36.